The van der Waals surface area contributed by atoms with Crippen LogP contribution in [0.4, 0.5) is 0 Å². The normalized spacial score (nSPS) is 8.71. The van der Waals surface area contributed by atoms with Gasteiger partial charge in [-0.15, -0.1) is 6.22 Å². The Morgan fingerprint density at radius 3 is 2.35 bits per heavy atom. The molecule has 0 heterocycles. The van der Waals surface area contributed by atoms with Crippen LogP contribution in [0, 0.1) is 0 Å². The minimum Gasteiger partial charge on any atom is -0.108 e. The van der Waals surface area contributed by atoms with Crippen LogP contribution in [0.25, 0.3) is 0 Å². The third kappa shape index (κ3) is 8.52. The van der Waals surface area contributed by atoms with Gasteiger partial charge in [0.15, 0.2) is 0 Å². The Morgan fingerprint density at radius 1 is 0.882 bits per heavy atom. The van der Waals surface area contributed by atoms with Gasteiger partial charge in [-0.3, -0.25) is 0 Å². The van der Waals surface area contributed by atoms with Crippen molar-refractivity contribution in [2.45, 2.75) is 12.5 Å². The van der Waals surface area contributed by atoms with Gasteiger partial charge in [-0.25, -0.2) is 0 Å². The number of benzene rings is 1. The van der Waals surface area contributed by atoms with E-state index < -0.39 is 0 Å². The summed E-state index contributed by atoms with van der Waals surface area (Å²) in [6, 6.07) is 10.9. The highest BCUT2D eigenvalue weighted by Crippen LogP contribution is 1.98. The first-order chi connectivity index (χ1) is 8.43. The van der Waals surface area contributed by atoms with Crippen LogP contribution in [0.15, 0.2) is 30.3 Å². The van der Waals surface area contributed by atoms with Crippen molar-refractivity contribution in [2.24, 2.45) is 0 Å². The Balaban J connectivity index is 1.85. The van der Waals surface area contributed by atoms with Gasteiger partial charge in [-0.05, 0) is 0 Å². The average Bonchev–Trinajstić information content (AvgIpc) is 2.38. The molecule has 0 fully saturated rings. The Kier molecular flexibility index (Phi) is 9.55. The fourth-order valence-electron chi connectivity index (χ4n) is 2.28. The predicted octanol–water partition coefficient (Wildman–Crippen LogP) is -3.91. The van der Waals surface area contributed by atoms with E-state index in [0.717, 1.165) is 0 Å². The summed E-state index contributed by atoms with van der Waals surface area (Å²) < 4.78 is 0. The molecule has 0 radical (unpaired) electrons. The van der Waals surface area contributed by atoms with E-state index in [1.807, 2.05) is 0 Å². The van der Waals surface area contributed by atoms with Crippen LogP contribution in [0.5, 0.6) is 0 Å². The molecule has 0 amide bonds. The van der Waals surface area contributed by atoms with E-state index in [9.17, 15) is 0 Å². The van der Waals surface area contributed by atoms with Gasteiger partial charge in [0, 0.05) is 42.4 Å². The van der Waals surface area contributed by atoms with Crippen molar-refractivity contribution in [1.82, 2.24) is 0 Å². The molecule has 0 aromatic heterocycles. The zero-order valence-electron chi connectivity index (χ0n) is 11.5. The summed E-state index contributed by atoms with van der Waals surface area (Å²) >= 11 is 0. The van der Waals surface area contributed by atoms with E-state index in [-0.39, 0.29) is 0 Å². The summed E-state index contributed by atoms with van der Waals surface area (Å²) in [5.41, 5.74) is 1.50. The topological polar surface area (TPSA) is 0 Å². The van der Waals surface area contributed by atoms with Crippen LogP contribution in [0.1, 0.15) is 5.56 Å². The third-order valence-corrected chi connectivity index (χ3v) is 3.41. The molecule has 0 atom stereocenters. The SMILES string of the molecule is BBBBBBBBCBCc1ccccc1. The lowest BCUT2D eigenvalue weighted by molar-refractivity contribution is 1.38. The molecule has 0 saturated carbocycles. The van der Waals surface area contributed by atoms with Crippen molar-refractivity contribution < 1.29 is 0 Å². The van der Waals surface area contributed by atoms with E-state index in [1.54, 1.807) is 0 Å². The fraction of sp³-hybridized carbons (Fsp3) is 0.250. The largest absolute Gasteiger partial charge is 0.117 e. The second kappa shape index (κ2) is 10.9. The quantitative estimate of drug-likeness (QED) is 0.275. The van der Waals surface area contributed by atoms with Crippen LogP contribution in [0.2, 0.25) is 6.22 Å². The highest BCUT2D eigenvalue weighted by atomic mass is 13.8. The van der Waals surface area contributed by atoms with Crippen LogP contribution < -0.4 is 0 Å². The van der Waals surface area contributed by atoms with Crippen molar-refractivity contribution in [3.05, 3.63) is 35.9 Å². The van der Waals surface area contributed by atoms with Crippen molar-refractivity contribution in [2.75, 3.05) is 0 Å². The maximum absolute atomic E-state index is 2.28. The van der Waals surface area contributed by atoms with Gasteiger partial charge in [0.2, 0.25) is 0 Å². The van der Waals surface area contributed by atoms with Crippen LogP contribution in [-0.2, 0) is 6.32 Å². The Bertz CT molecular complexity index is 267. The van der Waals surface area contributed by atoms with Crippen molar-refractivity contribution >= 4 is 64.6 Å². The van der Waals surface area contributed by atoms with Gasteiger partial charge >= 0.3 is 0 Å². The summed E-state index contributed by atoms with van der Waals surface area (Å²) in [5, 5.41) is 0. The maximum atomic E-state index is 2.28. The summed E-state index contributed by atoms with van der Waals surface area (Å²) in [6.07, 6.45) is 2.67. The molecule has 17 heavy (non-hydrogen) atoms. The van der Waals surface area contributed by atoms with Crippen LogP contribution >= 0.6 is 0 Å². The number of rotatable bonds is 10. The molecular weight excluding hydrogens is 193 g/mol. The summed E-state index contributed by atoms with van der Waals surface area (Å²) in [5.74, 6) is 0. The van der Waals surface area contributed by atoms with Gasteiger partial charge in [0.25, 0.3) is 0 Å². The zero-order valence-corrected chi connectivity index (χ0v) is 11.5. The van der Waals surface area contributed by atoms with Crippen molar-refractivity contribution in [3.8, 4) is 0 Å². The number of hydrogen-bond acceptors (Lipinski definition) is 0. The van der Waals surface area contributed by atoms with Crippen molar-refractivity contribution in [3.63, 3.8) is 0 Å². The maximum Gasteiger partial charge on any atom is 0.117 e. The molecule has 0 nitrogen and oxygen atoms in total. The Hall–Kier alpha value is -0.196. The van der Waals surface area contributed by atoms with Gasteiger partial charge in [-0.1, -0.05) is 42.2 Å². The molecule has 1 aromatic rings. The highest BCUT2D eigenvalue weighted by Gasteiger charge is 2.00. The molecule has 0 unspecified atom stereocenters. The zero-order chi connectivity index (χ0) is 12.2. The molecular formula is C8H19B9. The van der Waals surface area contributed by atoms with E-state index >= 15 is 0 Å². The molecule has 0 bridgehead atoms. The van der Waals surface area contributed by atoms with E-state index in [0.29, 0.717) is 0 Å². The van der Waals surface area contributed by atoms with Gasteiger partial charge < -0.3 is 0 Å². The van der Waals surface area contributed by atoms with Crippen LogP contribution in [0.3, 0.4) is 0 Å². The molecule has 0 saturated heterocycles. The van der Waals surface area contributed by atoms with E-state index in [4.69, 9.17) is 0 Å². The standard InChI is InChI=1S/C8H19B9/c9-12-14-16-17-15-13-11-7-10-6-8-4-2-1-3-5-8/h1-5,10-17H,6-7,9H2. The summed E-state index contributed by atoms with van der Waals surface area (Å²) in [6.45, 7) is 0. The van der Waals surface area contributed by atoms with E-state index in [2.05, 4.69) is 38.1 Å². The molecule has 1 rings (SSSR count). The van der Waals surface area contributed by atoms with Gasteiger partial charge in [0.1, 0.15) is 7.28 Å². The lowest BCUT2D eigenvalue weighted by Gasteiger charge is -1.98. The molecule has 9 heteroatoms. The number of hydrogen-bond donors (Lipinski definition) is 0. The predicted molar refractivity (Wildman–Crippen MR) is 101 cm³/mol. The first-order valence-electron chi connectivity index (χ1n) is 7.47. The molecule has 0 spiro atoms. The van der Waals surface area contributed by atoms with Gasteiger partial charge in [0.05, 0.1) is 14.9 Å². The molecule has 0 N–H and O–H groups in total. The first kappa shape index (κ1) is 14.9. The lowest BCUT2D eigenvalue weighted by atomic mass is 8.92. The molecule has 1 aromatic carbocycles. The lowest BCUT2D eigenvalue weighted by Crippen LogP contribution is -2.29. The second-order valence-electron chi connectivity index (χ2n) is 5.06. The highest BCUT2D eigenvalue weighted by molar-refractivity contribution is 7.65. The Labute approximate surface area is 113 Å². The minimum absolute atomic E-state index is 1.26. The van der Waals surface area contributed by atoms with Crippen LogP contribution in [-0.4, -0.2) is 64.6 Å². The monoisotopic (exact) mass is 214 g/mol. The minimum atomic E-state index is 1.26. The van der Waals surface area contributed by atoms with E-state index in [1.165, 1.54) is 74.9 Å². The third-order valence-electron chi connectivity index (χ3n) is 3.41. The smallest absolute Gasteiger partial charge is 0.108 e. The molecule has 0 aliphatic heterocycles. The molecule has 0 aliphatic rings. The second-order valence-corrected chi connectivity index (χ2v) is 5.06. The van der Waals surface area contributed by atoms with Gasteiger partial charge in [-0.2, -0.15) is 0 Å². The van der Waals surface area contributed by atoms with Crippen molar-refractivity contribution in [1.29, 1.82) is 0 Å². The summed E-state index contributed by atoms with van der Waals surface area (Å²) in [4.78, 5) is 0. The molecule has 78 valence electrons. The summed E-state index contributed by atoms with van der Waals surface area (Å²) in [7, 11) is 13.6. The molecule has 0 aliphatic carbocycles. The average molecular weight is 213 g/mol. The first-order valence-corrected chi connectivity index (χ1v) is 7.47. The Morgan fingerprint density at radius 2 is 1.59 bits per heavy atom. The fourth-order valence-corrected chi connectivity index (χ4v) is 2.28.